The van der Waals surface area contributed by atoms with Crippen molar-refractivity contribution in [3.63, 3.8) is 0 Å². The van der Waals surface area contributed by atoms with Crippen LogP contribution in [0.2, 0.25) is 0 Å². The summed E-state index contributed by atoms with van der Waals surface area (Å²) in [4.78, 5) is 1.82. The number of piperidine rings is 1. The normalized spacial score (nSPS) is 26.6. The molecule has 1 saturated heterocycles. The van der Waals surface area contributed by atoms with Crippen molar-refractivity contribution in [2.75, 3.05) is 11.4 Å². The maximum atomic E-state index is 14.3. The molecule has 1 fully saturated rings. The van der Waals surface area contributed by atoms with Crippen LogP contribution >= 0.6 is 12.2 Å². The minimum absolute atomic E-state index is 0.0352. The Morgan fingerprint density at radius 1 is 1.25 bits per heavy atom. The van der Waals surface area contributed by atoms with Crippen LogP contribution < -0.4 is 10.6 Å². The minimum atomic E-state index is -0.951. The zero-order chi connectivity index (χ0) is 15.0. The maximum absolute atomic E-state index is 14.3. The highest BCUT2D eigenvalue weighted by molar-refractivity contribution is 7.80. The molecule has 5 heteroatoms. The van der Waals surface area contributed by atoms with Gasteiger partial charge in [0.15, 0.2) is 11.6 Å². The molecule has 1 aromatic rings. The second-order valence-electron chi connectivity index (χ2n) is 5.84. The highest BCUT2D eigenvalue weighted by Gasteiger charge is 2.31. The molecule has 0 aromatic heterocycles. The van der Waals surface area contributed by atoms with Crippen LogP contribution in [0.5, 0.6) is 0 Å². The van der Waals surface area contributed by atoms with Gasteiger partial charge in [0.05, 0.1) is 5.69 Å². The van der Waals surface area contributed by atoms with Crippen molar-refractivity contribution >= 4 is 22.9 Å². The van der Waals surface area contributed by atoms with Gasteiger partial charge in [0.1, 0.15) is 4.99 Å². The van der Waals surface area contributed by atoms with Gasteiger partial charge in [-0.05, 0) is 37.3 Å². The van der Waals surface area contributed by atoms with Gasteiger partial charge < -0.3 is 10.6 Å². The van der Waals surface area contributed by atoms with Crippen molar-refractivity contribution in [1.29, 1.82) is 0 Å². The maximum Gasteiger partial charge on any atom is 0.182 e. The predicted octanol–water partition coefficient (Wildman–Crippen LogP) is 3.47. The fourth-order valence-corrected chi connectivity index (χ4v) is 3.14. The number of rotatable bonds is 2. The van der Waals surface area contributed by atoms with Crippen molar-refractivity contribution in [2.45, 2.75) is 33.2 Å². The number of benzene rings is 1. The summed E-state index contributed by atoms with van der Waals surface area (Å²) in [5, 5.41) is 0. The van der Waals surface area contributed by atoms with Gasteiger partial charge in [0.2, 0.25) is 0 Å². The molecule has 2 nitrogen and oxygen atoms in total. The first-order valence-corrected chi connectivity index (χ1v) is 7.28. The van der Waals surface area contributed by atoms with E-state index in [0.717, 1.165) is 13.0 Å². The lowest BCUT2D eigenvalue weighted by atomic mass is 9.85. The van der Waals surface area contributed by atoms with Gasteiger partial charge in [0.25, 0.3) is 0 Å². The molecule has 1 aliphatic rings. The van der Waals surface area contributed by atoms with Gasteiger partial charge in [-0.15, -0.1) is 0 Å². The molecule has 0 bridgehead atoms. The Morgan fingerprint density at radius 2 is 1.90 bits per heavy atom. The standard InChI is InChI=1S/C15H20F2N2S/c1-8-6-9(2)10(3)19(7-8)12-5-4-11(15(18)20)13(16)14(12)17/h4-5,8-10H,6-7H2,1-3H3,(H2,18,20). The molecule has 1 aromatic carbocycles. The Balaban J connectivity index is 2.42. The average molecular weight is 298 g/mol. The second-order valence-corrected chi connectivity index (χ2v) is 6.28. The number of hydrogen-bond acceptors (Lipinski definition) is 2. The fraction of sp³-hybridized carbons (Fsp3) is 0.533. The van der Waals surface area contributed by atoms with Gasteiger partial charge in [-0.25, -0.2) is 8.78 Å². The number of halogens is 2. The van der Waals surface area contributed by atoms with Crippen LogP contribution in [0.25, 0.3) is 0 Å². The van der Waals surface area contributed by atoms with Gasteiger partial charge >= 0.3 is 0 Å². The third kappa shape index (κ3) is 2.64. The van der Waals surface area contributed by atoms with E-state index in [1.807, 2.05) is 4.90 Å². The molecule has 1 heterocycles. The third-order valence-electron chi connectivity index (χ3n) is 4.23. The Labute approximate surface area is 123 Å². The molecule has 0 radical (unpaired) electrons. The first kappa shape index (κ1) is 15.2. The molecule has 2 N–H and O–H groups in total. The van der Waals surface area contributed by atoms with Crippen molar-refractivity contribution in [1.82, 2.24) is 0 Å². The van der Waals surface area contributed by atoms with Crippen LogP contribution in [-0.2, 0) is 0 Å². The zero-order valence-electron chi connectivity index (χ0n) is 12.0. The Kier molecular flexibility index (Phi) is 4.28. The average Bonchev–Trinajstić information content (AvgIpc) is 2.37. The molecular formula is C15H20F2N2S. The molecule has 0 aliphatic carbocycles. The molecule has 1 aliphatic heterocycles. The zero-order valence-corrected chi connectivity index (χ0v) is 12.8. The van der Waals surface area contributed by atoms with Gasteiger partial charge in [0, 0.05) is 18.2 Å². The summed E-state index contributed by atoms with van der Waals surface area (Å²) in [7, 11) is 0. The van der Waals surface area contributed by atoms with E-state index >= 15 is 0 Å². The van der Waals surface area contributed by atoms with Crippen LogP contribution in [0.1, 0.15) is 32.8 Å². The van der Waals surface area contributed by atoms with Crippen molar-refractivity contribution in [3.05, 3.63) is 29.3 Å². The van der Waals surface area contributed by atoms with Crippen LogP contribution in [0.4, 0.5) is 14.5 Å². The molecule has 3 atom stereocenters. The summed E-state index contributed by atoms with van der Waals surface area (Å²) in [5.41, 5.74) is 5.66. The highest BCUT2D eigenvalue weighted by Crippen LogP contribution is 2.34. The summed E-state index contributed by atoms with van der Waals surface area (Å²) >= 11 is 4.73. The van der Waals surface area contributed by atoms with Crippen molar-refractivity contribution in [3.8, 4) is 0 Å². The third-order valence-corrected chi connectivity index (χ3v) is 4.45. The van der Waals surface area contributed by atoms with Gasteiger partial charge in [-0.2, -0.15) is 0 Å². The van der Waals surface area contributed by atoms with Crippen LogP contribution in [-0.4, -0.2) is 17.6 Å². The molecule has 0 saturated carbocycles. The van der Waals surface area contributed by atoms with E-state index in [0.29, 0.717) is 17.5 Å². The number of hydrogen-bond donors (Lipinski definition) is 1. The molecule has 3 unspecified atom stereocenters. The van der Waals surface area contributed by atoms with E-state index < -0.39 is 11.6 Å². The lowest BCUT2D eigenvalue weighted by molar-refractivity contribution is 0.294. The second kappa shape index (κ2) is 5.64. The Morgan fingerprint density at radius 3 is 2.50 bits per heavy atom. The lowest BCUT2D eigenvalue weighted by Crippen LogP contribution is -2.46. The molecule has 110 valence electrons. The van der Waals surface area contributed by atoms with E-state index in [2.05, 4.69) is 20.8 Å². The number of thiocarbonyl (C=S) groups is 1. The first-order valence-electron chi connectivity index (χ1n) is 6.87. The largest absolute Gasteiger partial charge is 0.389 e. The van der Waals surface area contributed by atoms with Gasteiger partial charge in [-0.3, -0.25) is 0 Å². The minimum Gasteiger partial charge on any atom is -0.389 e. The fourth-order valence-electron chi connectivity index (χ4n) is 2.98. The number of nitrogens with two attached hydrogens (primary N) is 1. The SMILES string of the molecule is CC1CC(C)C(C)N(c2ccc(C(N)=S)c(F)c2F)C1. The van der Waals surface area contributed by atoms with Gasteiger partial charge in [-0.1, -0.05) is 26.1 Å². The van der Waals surface area contributed by atoms with Crippen LogP contribution in [0.15, 0.2) is 12.1 Å². The summed E-state index contributed by atoms with van der Waals surface area (Å²) in [6.45, 7) is 7.06. The van der Waals surface area contributed by atoms with E-state index in [1.54, 1.807) is 6.07 Å². The smallest absolute Gasteiger partial charge is 0.182 e. The molecule has 20 heavy (non-hydrogen) atoms. The number of nitrogens with zero attached hydrogens (tertiary/aromatic N) is 1. The predicted molar refractivity (Wildman–Crippen MR) is 82.0 cm³/mol. The summed E-state index contributed by atoms with van der Waals surface area (Å²) in [5.74, 6) is -0.910. The topological polar surface area (TPSA) is 29.3 Å². The van der Waals surface area contributed by atoms with E-state index in [-0.39, 0.29) is 16.6 Å². The molecule has 0 spiro atoms. The first-order chi connectivity index (χ1) is 9.32. The summed E-state index contributed by atoms with van der Waals surface area (Å²) < 4.78 is 28.3. The Bertz CT molecular complexity index is 533. The molecule has 2 rings (SSSR count). The van der Waals surface area contributed by atoms with Crippen molar-refractivity contribution in [2.24, 2.45) is 17.6 Å². The highest BCUT2D eigenvalue weighted by atomic mass is 32.1. The molecular weight excluding hydrogens is 278 g/mol. The number of anilines is 1. The lowest BCUT2D eigenvalue weighted by Gasteiger charge is -2.42. The van der Waals surface area contributed by atoms with Crippen LogP contribution in [0.3, 0.4) is 0 Å². The molecule has 0 amide bonds. The van der Waals surface area contributed by atoms with Crippen molar-refractivity contribution < 1.29 is 8.78 Å². The van der Waals surface area contributed by atoms with E-state index in [9.17, 15) is 8.78 Å². The monoisotopic (exact) mass is 298 g/mol. The quantitative estimate of drug-likeness (QED) is 0.848. The van der Waals surface area contributed by atoms with E-state index in [4.69, 9.17) is 18.0 Å². The van der Waals surface area contributed by atoms with Crippen LogP contribution in [0, 0.1) is 23.5 Å². The summed E-state index contributed by atoms with van der Waals surface area (Å²) in [6.07, 6.45) is 1.10. The summed E-state index contributed by atoms with van der Waals surface area (Å²) in [6, 6.07) is 3.22. The van der Waals surface area contributed by atoms with E-state index in [1.165, 1.54) is 6.07 Å². The Hall–Kier alpha value is -1.23.